The fourth-order valence-corrected chi connectivity index (χ4v) is 3.01. The van der Waals surface area contributed by atoms with E-state index in [0.717, 1.165) is 34.1 Å². The summed E-state index contributed by atoms with van der Waals surface area (Å²) in [6.07, 6.45) is 0.650. The van der Waals surface area contributed by atoms with Gasteiger partial charge in [-0.05, 0) is 44.0 Å². The van der Waals surface area contributed by atoms with Gasteiger partial charge in [0.15, 0.2) is 0 Å². The predicted octanol–water partition coefficient (Wildman–Crippen LogP) is 2.51. The highest BCUT2D eigenvalue weighted by Gasteiger charge is 2.29. The molecule has 0 spiro atoms. The Balaban J connectivity index is 1.71. The van der Waals surface area contributed by atoms with E-state index < -0.39 is 0 Å². The van der Waals surface area contributed by atoms with Gasteiger partial charge in [-0.1, -0.05) is 5.16 Å². The van der Waals surface area contributed by atoms with E-state index in [1.54, 1.807) is 19.1 Å². The summed E-state index contributed by atoms with van der Waals surface area (Å²) in [6, 6.07) is 5.69. The van der Waals surface area contributed by atoms with Crippen molar-refractivity contribution in [2.24, 2.45) is 5.92 Å². The van der Waals surface area contributed by atoms with Crippen LogP contribution in [0.1, 0.15) is 22.6 Å². The van der Waals surface area contributed by atoms with Crippen molar-refractivity contribution in [3.05, 3.63) is 40.8 Å². The zero-order chi connectivity index (χ0) is 17.3. The summed E-state index contributed by atoms with van der Waals surface area (Å²) in [6.45, 7) is 4.63. The Hall–Kier alpha value is -2.50. The van der Waals surface area contributed by atoms with Crippen molar-refractivity contribution >= 4 is 5.91 Å². The Bertz CT molecular complexity index is 734. The van der Waals surface area contributed by atoms with Crippen LogP contribution < -0.4 is 9.47 Å². The van der Waals surface area contributed by atoms with Crippen LogP contribution in [0.5, 0.6) is 11.5 Å². The van der Waals surface area contributed by atoms with Crippen molar-refractivity contribution in [1.29, 1.82) is 0 Å². The molecule has 1 aliphatic rings. The fraction of sp³-hybridized carbons (Fsp3) is 0.444. The standard InChI is InChI=1S/C18H22N2O4/c1-11-16(12(2)24-19-11)9-20(3)18(21)14-7-13-8-15(22-4)5-6-17(13)23-10-14/h5-6,8,14H,7,9-10H2,1-4H3/t14-/m0/s1. The van der Waals surface area contributed by atoms with Crippen molar-refractivity contribution in [3.63, 3.8) is 0 Å². The highest BCUT2D eigenvalue weighted by molar-refractivity contribution is 5.79. The summed E-state index contributed by atoms with van der Waals surface area (Å²) >= 11 is 0. The normalized spacial score (nSPS) is 16.2. The molecule has 0 N–H and O–H groups in total. The monoisotopic (exact) mass is 330 g/mol. The van der Waals surface area contributed by atoms with Gasteiger partial charge in [0.1, 0.15) is 23.9 Å². The molecule has 0 saturated heterocycles. The number of carbonyl (C=O) groups is 1. The third-order valence-electron chi connectivity index (χ3n) is 4.48. The molecule has 1 atom stereocenters. The quantitative estimate of drug-likeness (QED) is 0.862. The maximum absolute atomic E-state index is 12.8. The maximum atomic E-state index is 12.8. The highest BCUT2D eigenvalue weighted by atomic mass is 16.5. The van der Waals surface area contributed by atoms with Crippen LogP contribution in [0.15, 0.2) is 22.7 Å². The first-order chi connectivity index (χ1) is 11.5. The number of benzene rings is 1. The first kappa shape index (κ1) is 16.4. The lowest BCUT2D eigenvalue weighted by Crippen LogP contribution is -2.38. The smallest absolute Gasteiger partial charge is 0.229 e. The Morgan fingerprint density at radius 1 is 1.42 bits per heavy atom. The molecule has 1 aromatic carbocycles. The minimum absolute atomic E-state index is 0.0588. The molecule has 0 fully saturated rings. The number of ether oxygens (including phenoxy) is 2. The van der Waals surface area contributed by atoms with E-state index in [1.165, 1.54) is 0 Å². The van der Waals surface area contributed by atoms with Crippen LogP contribution in [-0.2, 0) is 17.8 Å². The first-order valence-electron chi connectivity index (χ1n) is 7.96. The van der Waals surface area contributed by atoms with Gasteiger partial charge in [-0.25, -0.2) is 0 Å². The molecule has 128 valence electrons. The molecule has 3 rings (SSSR count). The predicted molar refractivity (Wildman–Crippen MR) is 88.1 cm³/mol. The topological polar surface area (TPSA) is 64.8 Å². The van der Waals surface area contributed by atoms with E-state index in [1.807, 2.05) is 32.0 Å². The Morgan fingerprint density at radius 3 is 2.88 bits per heavy atom. The second kappa shape index (κ2) is 6.55. The number of nitrogens with zero attached hydrogens (tertiary/aromatic N) is 2. The SMILES string of the molecule is COc1ccc2c(c1)C[C@H](C(=O)N(C)Cc1c(C)noc1C)CO2. The number of carbonyl (C=O) groups excluding carboxylic acids is 1. The molecule has 6 heteroatoms. The average Bonchev–Trinajstić information content (AvgIpc) is 2.91. The average molecular weight is 330 g/mol. The minimum Gasteiger partial charge on any atom is -0.497 e. The molecule has 2 heterocycles. The summed E-state index contributed by atoms with van der Waals surface area (Å²) < 4.78 is 16.2. The summed E-state index contributed by atoms with van der Waals surface area (Å²) in [7, 11) is 3.43. The number of rotatable bonds is 4. The molecular weight excluding hydrogens is 308 g/mol. The van der Waals surface area contributed by atoms with Crippen molar-refractivity contribution in [1.82, 2.24) is 10.1 Å². The van der Waals surface area contributed by atoms with Crippen LogP contribution in [0, 0.1) is 19.8 Å². The second-order valence-electron chi connectivity index (χ2n) is 6.18. The van der Waals surface area contributed by atoms with Crippen LogP contribution in [-0.4, -0.2) is 36.7 Å². The van der Waals surface area contributed by atoms with Crippen molar-refractivity contribution in [3.8, 4) is 11.5 Å². The molecule has 0 radical (unpaired) electrons. The Labute approximate surface area is 141 Å². The van der Waals surface area contributed by atoms with E-state index >= 15 is 0 Å². The van der Waals surface area contributed by atoms with Crippen LogP contribution in [0.25, 0.3) is 0 Å². The molecular formula is C18H22N2O4. The van der Waals surface area contributed by atoms with Crippen LogP contribution in [0.3, 0.4) is 0 Å². The summed E-state index contributed by atoms with van der Waals surface area (Å²) in [5, 5.41) is 3.94. The zero-order valence-electron chi connectivity index (χ0n) is 14.5. The van der Waals surface area contributed by atoms with Gasteiger partial charge < -0.3 is 18.9 Å². The molecule has 0 aliphatic carbocycles. The second-order valence-corrected chi connectivity index (χ2v) is 6.18. The summed E-state index contributed by atoms with van der Waals surface area (Å²) in [4.78, 5) is 14.5. The van der Waals surface area contributed by atoms with Gasteiger partial charge in [-0.2, -0.15) is 0 Å². The first-order valence-corrected chi connectivity index (χ1v) is 7.96. The number of methoxy groups -OCH3 is 1. The summed E-state index contributed by atoms with van der Waals surface area (Å²) in [5.41, 5.74) is 2.79. The molecule has 0 saturated carbocycles. The van der Waals surface area contributed by atoms with E-state index in [-0.39, 0.29) is 11.8 Å². The molecule has 0 bridgehead atoms. The number of aryl methyl sites for hydroxylation is 2. The van der Waals surface area contributed by atoms with Crippen molar-refractivity contribution < 1.29 is 18.8 Å². The lowest BCUT2D eigenvalue weighted by atomic mass is 9.95. The van der Waals surface area contributed by atoms with Gasteiger partial charge in [-0.15, -0.1) is 0 Å². The fourth-order valence-electron chi connectivity index (χ4n) is 3.01. The molecule has 6 nitrogen and oxygen atoms in total. The molecule has 0 unspecified atom stereocenters. The molecule has 1 aliphatic heterocycles. The Morgan fingerprint density at radius 2 is 2.21 bits per heavy atom. The van der Waals surface area contributed by atoms with Gasteiger partial charge in [-0.3, -0.25) is 4.79 Å². The van der Waals surface area contributed by atoms with Gasteiger partial charge >= 0.3 is 0 Å². The largest absolute Gasteiger partial charge is 0.497 e. The molecule has 24 heavy (non-hydrogen) atoms. The number of amides is 1. The van der Waals surface area contributed by atoms with Crippen molar-refractivity contribution in [2.75, 3.05) is 20.8 Å². The number of fused-ring (bicyclic) bond motifs is 1. The lowest BCUT2D eigenvalue weighted by Gasteiger charge is -2.28. The van der Waals surface area contributed by atoms with E-state index in [2.05, 4.69) is 5.16 Å². The molecule has 1 amide bonds. The van der Waals surface area contributed by atoms with Crippen LogP contribution in [0.4, 0.5) is 0 Å². The zero-order valence-corrected chi connectivity index (χ0v) is 14.5. The van der Waals surface area contributed by atoms with Crippen molar-refractivity contribution in [2.45, 2.75) is 26.8 Å². The van der Waals surface area contributed by atoms with Gasteiger partial charge in [0, 0.05) is 12.6 Å². The minimum atomic E-state index is -0.199. The lowest BCUT2D eigenvalue weighted by molar-refractivity contribution is -0.136. The van der Waals surface area contributed by atoms with E-state index in [4.69, 9.17) is 14.0 Å². The van der Waals surface area contributed by atoms with Gasteiger partial charge in [0.2, 0.25) is 5.91 Å². The van der Waals surface area contributed by atoms with E-state index in [9.17, 15) is 4.79 Å². The van der Waals surface area contributed by atoms with Gasteiger partial charge in [0.25, 0.3) is 0 Å². The van der Waals surface area contributed by atoms with E-state index in [0.29, 0.717) is 19.6 Å². The highest BCUT2D eigenvalue weighted by Crippen LogP contribution is 2.31. The third kappa shape index (κ3) is 3.09. The summed E-state index contributed by atoms with van der Waals surface area (Å²) in [5.74, 6) is 2.21. The number of aromatic nitrogens is 1. The number of hydrogen-bond donors (Lipinski definition) is 0. The van der Waals surface area contributed by atoms with Gasteiger partial charge in [0.05, 0.1) is 25.3 Å². The molecule has 1 aromatic heterocycles. The maximum Gasteiger partial charge on any atom is 0.229 e. The van der Waals surface area contributed by atoms with Crippen LogP contribution in [0.2, 0.25) is 0 Å². The molecule has 2 aromatic rings. The Kier molecular flexibility index (Phi) is 4.46. The third-order valence-corrected chi connectivity index (χ3v) is 4.48. The van der Waals surface area contributed by atoms with Crippen LogP contribution >= 0.6 is 0 Å². The number of hydrogen-bond acceptors (Lipinski definition) is 5.